The molecular weight excluding hydrogens is 284 g/mol. The van der Waals surface area contributed by atoms with Gasteiger partial charge in [-0.1, -0.05) is 6.07 Å². The summed E-state index contributed by atoms with van der Waals surface area (Å²) >= 11 is 0. The van der Waals surface area contributed by atoms with Crippen LogP contribution >= 0.6 is 0 Å². The molecule has 0 aliphatic carbocycles. The predicted octanol–water partition coefficient (Wildman–Crippen LogP) is 1.98. The van der Waals surface area contributed by atoms with Gasteiger partial charge in [0.15, 0.2) is 0 Å². The molecule has 0 amide bonds. The van der Waals surface area contributed by atoms with Gasteiger partial charge in [0.2, 0.25) is 0 Å². The van der Waals surface area contributed by atoms with E-state index in [4.69, 9.17) is 9.31 Å². The fourth-order valence-electron chi connectivity index (χ4n) is 2.56. The fourth-order valence-corrected chi connectivity index (χ4v) is 2.56. The van der Waals surface area contributed by atoms with Gasteiger partial charge >= 0.3 is 7.12 Å². The van der Waals surface area contributed by atoms with Crippen molar-refractivity contribution in [3.8, 4) is 0 Å². The van der Waals surface area contributed by atoms with E-state index in [9.17, 15) is 9.18 Å². The van der Waals surface area contributed by atoms with Crippen molar-refractivity contribution in [2.24, 2.45) is 7.05 Å². The standard InChI is InChI=1S/C16H19BFNO3/c1-15(2)16(3,4)22-17(21-15)11-8-10-6-7-14(20)19(5)13(10)9-12(11)18/h6-9H,1-5H3. The van der Waals surface area contributed by atoms with Gasteiger partial charge in [0.1, 0.15) is 5.82 Å². The van der Waals surface area contributed by atoms with Crippen LogP contribution in [0.3, 0.4) is 0 Å². The highest BCUT2D eigenvalue weighted by Gasteiger charge is 2.52. The van der Waals surface area contributed by atoms with E-state index >= 15 is 0 Å². The summed E-state index contributed by atoms with van der Waals surface area (Å²) in [5.74, 6) is -0.438. The summed E-state index contributed by atoms with van der Waals surface area (Å²) in [6.07, 6.45) is 0. The molecule has 0 N–H and O–H groups in total. The number of hydrogen-bond donors (Lipinski definition) is 0. The zero-order valence-corrected chi connectivity index (χ0v) is 13.4. The number of pyridine rings is 1. The summed E-state index contributed by atoms with van der Waals surface area (Å²) in [5, 5.41) is 0.771. The third-order valence-electron chi connectivity index (χ3n) is 4.75. The summed E-state index contributed by atoms with van der Waals surface area (Å²) < 4.78 is 27.7. The van der Waals surface area contributed by atoms with E-state index in [0.717, 1.165) is 5.39 Å². The first-order chi connectivity index (χ1) is 10.1. The second-order valence-electron chi connectivity index (χ2n) is 6.75. The molecule has 6 heteroatoms. The van der Waals surface area contributed by atoms with Crippen LogP contribution in [0.4, 0.5) is 4.39 Å². The van der Waals surface area contributed by atoms with Gasteiger partial charge in [-0.15, -0.1) is 0 Å². The zero-order valence-electron chi connectivity index (χ0n) is 13.4. The topological polar surface area (TPSA) is 40.5 Å². The first-order valence-corrected chi connectivity index (χ1v) is 7.27. The Morgan fingerprint density at radius 3 is 2.27 bits per heavy atom. The third kappa shape index (κ3) is 2.18. The Labute approximate surface area is 129 Å². The Bertz CT molecular complexity index is 797. The van der Waals surface area contributed by atoms with E-state index < -0.39 is 24.1 Å². The molecule has 1 aliphatic heterocycles. The molecule has 1 aliphatic rings. The van der Waals surface area contributed by atoms with Gasteiger partial charge in [-0.2, -0.15) is 0 Å². The maximum absolute atomic E-state index is 14.5. The maximum Gasteiger partial charge on any atom is 0.497 e. The summed E-state index contributed by atoms with van der Waals surface area (Å²) in [6.45, 7) is 7.70. The molecule has 0 atom stereocenters. The summed E-state index contributed by atoms with van der Waals surface area (Å²) in [5.41, 5.74) is -0.323. The van der Waals surface area contributed by atoms with Crippen LogP contribution in [-0.4, -0.2) is 22.9 Å². The largest absolute Gasteiger partial charge is 0.497 e. The normalized spacial score (nSPS) is 19.8. The second kappa shape index (κ2) is 4.67. The van der Waals surface area contributed by atoms with Gasteiger partial charge in [0, 0.05) is 18.6 Å². The van der Waals surface area contributed by atoms with E-state index in [-0.39, 0.29) is 5.56 Å². The fraction of sp³-hybridized carbons (Fsp3) is 0.438. The lowest BCUT2D eigenvalue weighted by atomic mass is 9.78. The molecule has 0 radical (unpaired) electrons. The lowest BCUT2D eigenvalue weighted by molar-refractivity contribution is 0.00578. The monoisotopic (exact) mass is 303 g/mol. The molecule has 2 heterocycles. The Morgan fingerprint density at radius 2 is 1.68 bits per heavy atom. The molecule has 0 bridgehead atoms. The highest BCUT2D eigenvalue weighted by molar-refractivity contribution is 6.62. The van der Waals surface area contributed by atoms with Crippen molar-refractivity contribution >= 4 is 23.5 Å². The maximum atomic E-state index is 14.5. The van der Waals surface area contributed by atoms with Gasteiger partial charge in [-0.05, 0) is 45.2 Å². The van der Waals surface area contributed by atoms with Crippen molar-refractivity contribution in [2.75, 3.05) is 0 Å². The smallest absolute Gasteiger partial charge is 0.399 e. The SMILES string of the molecule is Cn1c(=O)ccc2cc(B3OC(C)(C)C(C)(C)O3)c(F)cc21. The molecule has 22 heavy (non-hydrogen) atoms. The number of aryl methyl sites for hydroxylation is 1. The minimum absolute atomic E-state index is 0.171. The van der Waals surface area contributed by atoms with Crippen LogP contribution in [0.2, 0.25) is 0 Å². The molecule has 0 spiro atoms. The van der Waals surface area contributed by atoms with Crippen molar-refractivity contribution in [1.29, 1.82) is 0 Å². The number of benzene rings is 1. The van der Waals surface area contributed by atoms with Crippen LogP contribution in [0, 0.1) is 5.82 Å². The number of fused-ring (bicyclic) bond motifs is 1. The van der Waals surface area contributed by atoms with Gasteiger partial charge < -0.3 is 13.9 Å². The number of nitrogens with zero attached hydrogens (tertiary/aromatic N) is 1. The van der Waals surface area contributed by atoms with Gasteiger partial charge in [-0.25, -0.2) is 4.39 Å². The average Bonchev–Trinajstić information content (AvgIpc) is 2.63. The lowest BCUT2D eigenvalue weighted by Crippen LogP contribution is -2.41. The average molecular weight is 303 g/mol. The van der Waals surface area contributed by atoms with Gasteiger partial charge in [-0.3, -0.25) is 4.79 Å². The molecule has 1 aromatic carbocycles. The molecule has 1 saturated heterocycles. The molecule has 116 valence electrons. The van der Waals surface area contributed by atoms with E-state index in [1.807, 2.05) is 27.7 Å². The first kappa shape index (κ1) is 15.2. The Balaban J connectivity index is 2.12. The quantitative estimate of drug-likeness (QED) is 0.756. The summed E-state index contributed by atoms with van der Waals surface area (Å²) in [4.78, 5) is 11.6. The van der Waals surface area contributed by atoms with Crippen LogP contribution in [-0.2, 0) is 16.4 Å². The third-order valence-corrected chi connectivity index (χ3v) is 4.75. The highest BCUT2D eigenvalue weighted by Crippen LogP contribution is 2.36. The van der Waals surface area contributed by atoms with Gasteiger partial charge in [0.05, 0.1) is 16.7 Å². The summed E-state index contributed by atoms with van der Waals surface area (Å²) in [6, 6.07) is 6.20. The van der Waals surface area contributed by atoms with Crippen LogP contribution in [0.5, 0.6) is 0 Å². The zero-order chi connectivity index (χ0) is 16.3. The molecule has 2 aromatic rings. The number of aromatic nitrogens is 1. The van der Waals surface area contributed by atoms with Crippen LogP contribution in [0.15, 0.2) is 29.1 Å². The number of rotatable bonds is 1. The molecule has 3 rings (SSSR count). The van der Waals surface area contributed by atoms with Crippen molar-refractivity contribution < 1.29 is 13.7 Å². The van der Waals surface area contributed by atoms with Crippen molar-refractivity contribution in [3.63, 3.8) is 0 Å². The molecular formula is C16H19BFNO3. The van der Waals surface area contributed by atoms with Crippen molar-refractivity contribution in [3.05, 3.63) is 40.4 Å². The van der Waals surface area contributed by atoms with Crippen LogP contribution < -0.4 is 11.0 Å². The second-order valence-corrected chi connectivity index (χ2v) is 6.75. The van der Waals surface area contributed by atoms with Crippen molar-refractivity contribution in [2.45, 2.75) is 38.9 Å². The number of halogens is 1. The molecule has 0 unspecified atom stereocenters. The Morgan fingerprint density at radius 1 is 1.09 bits per heavy atom. The summed E-state index contributed by atoms with van der Waals surface area (Å²) in [7, 11) is 0.866. The highest BCUT2D eigenvalue weighted by atomic mass is 19.1. The Kier molecular flexibility index (Phi) is 3.24. The molecule has 1 fully saturated rings. The van der Waals surface area contributed by atoms with Crippen LogP contribution in [0.25, 0.3) is 10.9 Å². The van der Waals surface area contributed by atoms with E-state index in [1.165, 1.54) is 16.7 Å². The van der Waals surface area contributed by atoms with Crippen molar-refractivity contribution in [1.82, 2.24) is 4.57 Å². The molecule has 1 aromatic heterocycles. The minimum Gasteiger partial charge on any atom is -0.399 e. The lowest BCUT2D eigenvalue weighted by Gasteiger charge is -2.32. The van der Waals surface area contributed by atoms with Gasteiger partial charge in [0.25, 0.3) is 5.56 Å². The molecule has 0 saturated carbocycles. The van der Waals surface area contributed by atoms with Crippen LogP contribution in [0.1, 0.15) is 27.7 Å². The first-order valence-electron chi connectivity index (χ1n) is 7.27. The number of hydrogen-bond acceptors (Lipinski definition) is 3. The predicted molar refractivity (Wildman–Crippen MR) is 84.9 cm³/mol. The molecule has 4 nitrogen and oxygen atoms in total. The van der Waals surface area contributed by atoms with E-state index in [2.05, 4.69) is 0 Å². The van der Waals surface area contributed by atoms with E-state index in [1.54, 1.807) is 19.2 Å². The Hall–Kier alpha value is -1.66. The minimum atomic E-state index is -0.758. The van der Waals surface area contributed by atoms with E-state index in [0.29, 0.717) is 11.0 Å².